The van der Waals surface area contributed by atoms with Gasteiger partial charge in [0, 0.05) is 26.3 Å². The molecule has 0 spiro atoms. The zero-order valence-electron chi connectivity index (χ0n) is 21.6. The lowest BCUT2D eigenvalue weighted by Gasteiger charge is -2.44. The summed E-state index contributed by atoms with van der Waals surface area (Å²) in [5.41, 5.74) is 0.740. The van der Waals surface area contributed by atoms with Crippen LogP contribution in [0.15, 0.2) is 65.6 Å². The molecule has 1 aliphatic heterocycles. The molecule has 4 heterocycles. The van der Waals surface area contributed by atoms with Crippen LogP contribution in [0.3, 0.4) is 0 Å². The van der Waals surface area contributed by atoms with Crippen molar-refractivity contribution in [1.82, 2.24) is 28.6 Å². The number of fused-ring (bicyclic) bond motifs is 2. The molecule has 6 rings (SSSR count). The summed E-state index contributed by atoms with van der Waals surface area (Å²) in [5.74, 6) is 0.0147. The lowest BCUT2D eigenvalue weighted by Crippen LogP contribution is -2.49. The lowest BCUT2D eigenvalue weighted by molar-refractivity contribution is -0.137. The SMILES string of the molecule is Cc1ncc(SN2CCC3=Cc4c(cnn4-c4ccc(F)cc4)CC3(C(=O)c3cc(C(F)(F)F)ccn3)C2)n1C. The maximum absolute atomic E-state index is 14.2. The van der Waals surface area contributed by atoms with Crippen molar-refractivity contribution in [2.75, 3.05) is 13.1 Å². The number of benzene rings is 1. The van der Waals surface area contributed by atoms with Crippen molar-refractivity contribution in [3.63, 3.8) is 0 Å². The minimum absolute atomic E-state index is 0.224. The van der Waals surface area contributed by atoms with E-state index in [0.29, 0.717) is 18.7 Å². The van der Waals surface area contributed by atoms with E-state index in [1.54, 1.807) is 29.2 Å². The Hall–Kier alpha value is -3.77. The summed E-state index contributed by atoms with van der Waals surface area (Å²) >= 11 is 1.47. The van der Waals surface area contributed by atoms with Gasteiger partial charge in [-0.2, -0.15) is 18.3 Å². The van der Waals surface area contributed by atoms with Crippen LogP contribution in [0.25, 0.3) is 11.8 Å². The van der Waals surface area contributed by atoms with Gasteiger partial charge in [0.25, 0.3) is 0 Å². The van der Waals surface area contributed by atoms with Crippen LogP contribution in [0.1, 0.15) is 39.6 Å². The van der Waals surface area contributed by atoms with E-state index in [0.717, 1.165) is 46.0 Å². The van der Waals surface area contributed by atoms with Crippen molar-refractivity contribution >= 4 is 23.8 Å². The average Bonchev–Trinajstić information content (AvgIpc) is 3.49. The largest absolute Gasteiger partial charge is 0.416 e. The number of aryl methyl sites for hydroxylation is 1. The first kappa shape index (κ1) is 26.5. The van der Waals surface area contributed by atoms with Crippen LogP contribution in [0.4, 0.5) is 17.6 Å². The van der Waals surface area contributed by atoms with E-state index >= 15 is 0 Å². The predicted octanol–water partition coefficient (Wildman–Crippen LogP) is 5.69. The molecule has 2 aliphatic rings. The minimum Gasteiger partial charge on any atom is -0.326 e. The van der Waals surface area contributed by atoms with Crippen LogP contribution in [-0.4, -0.2) is 47.5 Å². The number of carbonyl (C=O) groups is 1. The Kier molecular flexibility index (Phi) is 6.42. The number of piperidine rings is 1. The number of imidazole rings is 1. The topological polar surface area (TPSA) is 68.8 Å². The third-order valence-corrected chi connectivity index (χ3v) is 8.74. The first-order valence-electron chi connectivity index (χ1n) is 12.6. The van der Waals surface area contributed by atoms with Crippen LogP contribution in [0.2, 0.25) is 0 Å². The van der Waals surface area contributed by atoms with Gasteiger partial charge in [0.15, 0.2) is 5.78 Å². The molecule has 0 radical (unpaired) electrons. The monoisotopic (exact) mass is 568 g/mol. The molecule has 12 heteroatoms. The van der Waals surface area contributed by atoms with Crippen molar-refractivity contribution in [2.45, 2.75) is 31.0 Å². The van der Waals surface area contributed by atoms with E-state index in [1.807, 2.05) is 24.6 Å². The molecule has 1 unspecified atom stereocenters. The van der Waals surface area contributed by atoms with Crippen LogP contribution < -0.4 is 0 Å². The molecule has 4 aromatic rings. The highest BCUT2D eigenvalue weighted by molar-refractivity contribution is 7.97. The number of hydrogen-bond acceptors (Lipinski definition) is 6. The van der Waals surface area contributed by atoms with E-state index in [1.165, 1.54) is 24.1 Å². The average molecular weight is 569 g/mol. The molecule has 1 atom stereocenters. The quantitative estimate of drug-likeness (QED) is 0.175. The number of ketones is 1. The molecule has 7 nitrogen and oxygen atoms in total. The Morgan fingerprint density at radius 3 is 2.58 bits per heavy atom. The Bertz CT molecular complexity index is 1640. The van der Waals surface area contributed by atoms with E-state index in [9.17, 15) is 22.4 Å². The van der Waals surface area contributed by atoms with E-state index in [2.05, 4.69) is 19.4 Å². The van der Waals surface area contributed by atoms with Gasteiger partial charge < -0.3 is 4.57 Å². The van der Waals surface area contributed by atoms with Gasteiger partial charge in [0.1, 0.15) is 22.4 Å². The van der Waals surface area contributed by atoms with Crippen LogP contribution in [0, 0.1) is 18.2 Å². The van der Waals surface area contributed by atoms with Crippen molar-refractivity contribution in [3.05, 3.63) is 94.7 Å². The summed E-state index contributed by atoms with van der Waals surface area (Å²) in [6, 6.07) is 7.64. The van der Waals surface area contributed by atoms with E-state index in [-0.39, 0.29) is 24.5 Å². The van der Waals surface area contributed by atoms with Crippen LogP contribution >= 0.6 is 11.9 Å². The molecular weight excluding hydrogens is 544 g/mol. The fourth-order valence-electron chi connectivity index (χ4n) is 5.36. The Balaban J connectivity index is 1.42. The Morgan fingerprint density at radius 2 is 1.88 bits per heavy atom. The molecule has 0 amide bonds. The molecule has 206 valence electrons. The zero-order chi connectivity index (χ0) is 28.2. The summed E-state index contributed by atoms with van der Waals surface area (Å²) in [7, 11) is 1.91. The van der Waals surface area contributed by atoms with Gasteiger partial charge in [-0.25, -0.2) is 18.4 Å². The van der Waals surface area contributed by atoms with E-state index in [4.69, 9.17) is 0 Å². The molecule has 3 aromatic heterocycles. The highest BCUT2D eigenvalue weighted by atomic mass is 32.2. The Morgan fingerprint density at radius 1 is 1.10 bits per heavy atom. The number of hydrogen-bond donors (Lipinski definition) is 0. The van der Waals surface area contributed by atoms with Crippen LogP contribution in [0.5, 0.6) is 0 Å². The van der Waals surface area contributed by atoms with Gasteiger partial charge >= 0.3 is 6.18 Å². The number of nitrogens with zero attached hydrogens (tertiary/aromatic N) is 6. The van der Waals surface area contributed by atoms with E-state index < -0.39 is 22.9 Å². The highest BCUT2D eigenvalue weighted by Crippen LogP contribution is 2.48. The third-order valence-electron chi connectivity index (χ3n) is 7.61. The number of pyridine rings is 1. The van der Waals surface area contributed by atoms with Crippen molar-refractivity contribution in [1.29, 1.82) is 0 Å². The van der Waals surface area contributed by atoms with Gasteiger partial charge in [-0.05, 0) is 79.8 Å². The number of halogens is 4. The molecule has 0 N–H and O–H groups in total. The second-order valence-electron chi connectivity index (χ2n) is 10.0. The lowest BCUT2D eigenvalue weighted by atomic mass is 9.65. The molecule has 0 bridgehead atoms. The first-order chi connectivity index (χ1) is 19.0. The second kappa shape index (κ2) is 9.70. The molecule has 1 aromatic carbocycles. The summed E-state index contributed by atoms with van der Waals surface area (Å²) in [6.07, 6.45) is 2.53. The summed E-state index contributed by atoms with van der Waals surface area (Å²) in [4.78, 5) is 22.7. The van der Waals surface area contributed by atoms with Gasteiger partial charge in [-0.15, -0.1) is 0 Å². The number of alkyl halides is 3. The molecule has 1 saturated heterocycles. The van der Waals surface area contributed by atoms with Gasteiger partial charge in [-0.1, -0.05) is 5.57 Å². The highest BCUT2D eigenvalue weighted by Gasteiger charge is 2.50. The molecule has 1 fully saturated rings. The fourth-order valence-corrected chi connectivity index (χ4v) is 6.44. The molecule has 1 aliphatic carbocycles. The third kappa shape index (κ3) is 4.54. The smallest absolute Gasteiger partial charge is 0.326 e. The van der Waals surface area contributed by atoms with Crippen LogP contribution in [-0.2, 0) is 19.6 Å². The number of aromatic nitrogens is 5. The number of Topliss-reactive ketones (excluding diaryl/α,β-unsaturated/α-hetero) is 1. The van der Waals surface area contributed by atoms with Crippen molar-refractivity contribution in [3.8, 4) is 5.69 Å². The summed E-state index contributed by atoms with van der Waals surface area (Å²) in [5, 5.41) is 5.40. The van der Waals surface area contributed by atoms with Gasteiger partial charge in [-0.3, -0.25) is 9.78 Å². The first-order valence-corrected chi connectivity index (χ1v) is 13.4. The van der Waals surface area contributed by atoms with Gasteiger partial charge in [0.2, 0.25) is 0 Å². The minimum atomic E-state index is -4.60. The molecule has 40 heavy (non-hydrogen) atoms. The molecular formula is C28H24F4N6OS. The standard InChI is InChI=1S/C28H24F4N6OS/c1-17-34-15-25(36(17)2)40-37-10-8-19-12-24-18(14-35-38(24)22-5-3-21(29)4-6-22)13-27(19,16-37)26(39)23-11-20(7-9-33-23)28(30,31)32/h3-7,9,11-12,14-15H,8,10,13,16H2,1-2H3. The maximum Gasteiger partial charge on any atom is 0.416 e. The predicted molar refractivity (Wildman–Crippen MR) is 141 cm³/mol. The zero-order valence-corrected chi connectivity index (χ0v) is 22.4. The normalized spacial score (nSPS) is 19.2. The Labute approximate surface area is 231 Å². The number of rotatable bonds is 5. The van der Waals surface area contributed by atoms with Crippen molar-refractivity contribution < 1.29 is 22.4 Å². The number of carbonyl (C=O) groups excluding carboxylic acids is 1. The summed E-state index contributed by atoms with van der Waals surface area (Å²) in [6.45, 7) is 2.78. The summed E-state index contributed by atoms with van der Waals surface area (Å²) < 4.78 is 59.8. The second-order valence-corrected chi connectivity index (χ2v) is 11.2. The van der Waals surface area contributed by atoms with Crippen molar-refractivity contribution in [2.24, 2.45) is 12.5 Å². The van der Waals surface area contributed by atoms with Gasteiger partial charge in [0.05, 0.1) is 34.8 Å². The maximum atomic E-state index is 14.2. The fraction of sp³-hybridized carbons (Fsp3) is 0.286. The molecule has 0 saturated carbocycles.